The molecule has 4 rings (SSSR count). The Balaban J connectivity index is 1.40. The second kappa shape index (κ2) is 10.0. The number of imidazole rings is 1. The van der Waals surface area contributed by atoms with Crippen molar-refractivity contribution < 1.29 is 19.0 Å². The molecule has 2 unspecified atom stereocenters. The highest BCUT2D eigenvalue weighted by Crippen LogP contribution is 2.29. The lowest BCUT2D eigenvalue weighted by Gasteiger charge is -2.29. The number of para-hydroxylation sites is 2. The number of anilines is 1. The van der Waals surface area contributed by atoms with Gasteiger partial charge < -0.3 is 24.6 Å². The quantitative estimate of drug-likeness (QED) is 0.520. The van der Waals surface area contributed by atoms with Gasteiger partial charge in [-0.25, -0.2) is 14.2 Å². The number of hydrogen-bond donors (Lipinski definition) is 2. The molecule has 0 bridgehead atoms. The van der Waals surface area contributed by atoms with Crippen LogP contribution in [-0.2, 0) is 17.7 Å². The molecule has 0 aliphatic carbocycles. The first-order valence-electron chi connectivity index (χ1n) is 11.7. The number of halogens is 1. The Hall–Kier alpha value is -3.13. The molecule has 34 heavy (non-hydrogen) atoms. The van der Waals surface area contributed by atoms with Crippen molar-refractivity contribution in [2.24, 2.45) is 5.41 Å². The van der Waals surface area contributed by atoms with Gasteiger partial charge in [0.15, 0.2) is 0 Å². The Morgan fingerprint density at radius 1 is 1.24 bits per heavy atom. The Morgan fingerprint density at radius 3 is 2.79 bits per heavy atom. The van der Waals surface area contributed by atoms with Crippen LogP contribution in [-0.4, -0.2) is 52.6 Å². The molecule has 0 fully saturated rings. The molecule has 2 heterocycles. The van der Waals surface area contributed by atoms with E-state index in [1.165, 1.54) is 6.07 Å². The second-order valence-electron chi connectivity index (χ2n) is 10.2. The third-order valence-electron chi connectivity index (χ3n) is 6.06. The molecule has 0 spiro atoms. The molecule has 7 nitrogen and oxygen atoms in total. The number of aromatic nitrogens is 2. The number of fused-ring (bicyclic) bond motifs is 2. The van der Waals surface area contributed by atoms with Crippen molar-refractivity contribution in [1.29, 1.82) is 0 Å². The molecule has 0 radical (unpaired) electrons. The maximum atomic E-state index is 13.5. The van der Waals surface area contributed by atoms with Crippen molar-refractivity contribution >= 4 is 22.8 Å². The summed E-state index contributed by atoms with van der Waals surface area (Å²) < 4.78 is 21.4. The van der Waals surface area contributed by atoms with Crippen LogP contribution in [0.4, 0.5) is 14.9 Å². The van der Waals surface area contributed by atoms with Gasteiger partial charge in [0.05, 0.1) is 36.6 Å². The number of amides is 1. The van der Waals surface area contributed by atoms with E-state index < -0.39 is 12.1 Å². The first-order chi connectivity index (χ1) is 16.2. The van der Waals surface area contributed by atoms with Crippen molar-refractivity contribution in [2.75, 3.05) is 24.6 Å². The van der Waals surface area contributed by atoms with Crippen molar-refractivity contribution in [3.63, 3.8) is 0 Å². The number of nitrogens with one attached hydrogen (secondary N) is 1. The van der Waals surface area contributed by atoms with E-state index in [2.05, 4.69) is 36.0 Å². The average Bonchev–Trinajstić information content (AvgIpc) is 3.36. The molecule has 8 heteroatoms. The lowest BCUT2D eigenvalue weighted by molar-refractivity contribution is 0.0583. The molecule has 0 saturated carbocycles. The molecule has 2 N–H and O–H groups in total. The smallest absolute Gasteiger partial charge is 0.407 e. The molecule has 2 atom stereocenters. The van der Waals surface area contributed by atoms with Crippen molar-refractivity contribution in [2.45, 2.75) is 52.3 Å². The van der Waals surface area contributed by atoms with E-state index in [1.807, 2.05) is 28.8 Å². The zero-order valence-electron chi connectivity index (χ0n) is 20.0. The summed E-state index contributed by atoms with van der Waals surface area (Å²) in [6.07, 6.45) is 2.25. The molecule has 1 aromatic heterocycles. The van der Waals surface area contributed by atoms with E-state index in [1.54, 1.807) is 18.5 Å². The van der Waals surface area contributed by atoms with Gasteiger partial charge in [-0.2, -0.15) is 0 Å². The normalized spacial score (nSPS) is 15.3. The molecular formula is C26H33FN4O3. The molecule has 0 saturated heterocycles. The Labute approximate surface area is 199 Å². The van der Waals surface area contributed by atoms with E-state index in [0.717, 1.165) is 28.7 Å². The number of alkyl carbamates (subject to hydrolysis) is 1. The summed E-state index contributed by atoms with van der Waals surface area (Å²) in [5, 5.41) is 12.7. The predicted molar refractivity (Wildman–Crippen MR) is 130 cm³/mol. The van der Waals surface area contributed by atoms with Gasteiger partial charge >= 0.3 is 6.09 Å². The number of carbonyl (C=O) groups excluding carboxylic acids is 1. The van der Waals surface area contributed by atoms with E-state index in [9.17, 15) is 14.3 Å². The van der Waals surface area contributed by atoms with Crippen LogP contribution in [0.3, 0.4) is 0 Å². The number of rotatable bonds is 8. The minimum Gasteiger partial charge on any atom is -0.444 e. The van der Waals surface area contributed by atoms with Gasteiger partial charge in [0.2, 0.25) is 0 Å². The maximum Gasteiger partial charge on any atom is 0.407 e. The van der Waals surface area contributed by atoms with Gasteiger partial charge in [0.25, 0.3) is 0 Å². The summed E-state index contributed by atoms with van der Waals surface area (Å²) >= 11 is 0. The molecular weight excluding hydrogens is 435 g/mol. The van der Waals surface area contributed by atoms with Crippen LogP contribution < -0.4 is 10.2 Å². The topological polar surface area (TPSA) is 79.6 Å². The van der Waals surface area contributed by atoms with Crippen molar-refractivity contribution in [3.05, 3.63) is 60.2 Å². The van der Waals surface area contributed by atoms with Crippen LogP contribution in [0.2, 0.25) is 0 Å². The van der Waals surface area contributed by atoms with Gasteiger partial charge in [0, 0.05) is 18.8 Å². The lowest BCUT2D eigenvalue weighted by Crippen LogP contribution is -2.47. The van der Waals surface area contributed by atoms with Crippen molar-refractivity contribution in [3.8, 4) is 0 Å². The first kappa shape index (κ1) is 24.0. The fraction of sp³-hybridized carbons (Fsp3) is 0.462. The number of hydrogen-bond acceptors (Lipinski definition) is 5. The Bertz CT molecular complexity index is 1140. The van der Waals surface area contributed by atoms with E-state index >= 15 is 0 Å². The van der Waals surface area contributed by atoms with E-state index in [-0.39, 0.29) is 23.9 Å². The average molecular weight is 469 g/mol. The largest absolute Gasteiger partial charge is 0.444 e. The zero-order chi connectivity index (χ0) is 24.3. The molecule has 2 aromatic carbocycles. The summed E-state index contributed by atoms with van der Waals surface area (Å²) in [6.45, 7) is 7.72. The molecule has 3 aromatic rings. The van der Waals surface area contributed by atoms with E-state index in [0.29, 0.717) is 26.1 Å². The van der Waals surface area contributed by atoms with Gasteiger partial charge in [-0.15, -0.1) is 0 Å². The standard InChI is InChI=1S/C26H33FN4O3/c1-26(2,3)13-21(15-31-17-28-22-6-4-5-7-24(22)31)34-25(33)29-20(16-32)14-30-11-10-18-12-19(27)8-9-23(18)30/h4-9,12,17,20-21,32H,10-11,13-16H2,1-3H3,(H,29,33). The molecule has 1 aliphatic heterocycles. The van der Waals surface area contributed by atoms with Gasteiger partial charge in [-0.1, -0.05) is 32.9 Å². The molecule has 1 aliphatic rings. The van der Waals surface area contributed by atoms with Crippen molar-refractivity contribution in [1.82, 2.24) is 14.9 Å². The number of ether oxygens (including phenoxy) is 1. The monoisotopic (exact) mass is 468 g/mol. The highest BCUT2D eigenvalue weighted by Gasteiger charge is 2.26. The summed E-state index contributed by atoms with van der Waals surface area (Å²) in [5.74, 6) is -0.253. The Morgan fingerprint density at radius 2 is 2.03 bits per heavy atom. The second-order valence-corrected chi connectivity index (χ2v) is 10.2. The number of aliphatic hydroxyl groups excluding tert-OH is 1. The van der Waals surface area contributed by atoms with Crippen LogP contribution in [0.1, 0.15) is 32.8 Å². The number of benzene rings is 2. The lowest BCUT2D eigenvalue weighted by atomic mass is 9.89. The Kier molecular flexibility index (Phi) is 7.07. The minimum atomic E-state index is -0.559. The van der Waals surface area contributed by atoms with Crippen LogP contribution in [0.25, 0.3) is 11.0 Å². The zero-order valence-corrected chi connectivity index (χ0v) is 20.0. The minimum absolute atomic E-state index is 0.0494. The maximum absolute atomic E-state index is 13.5. The predicted octanol–water partition coefficient (Wildman–Crippen LogP) is 4.13. The summed E-state index contributed by atoms with van der Waals surface area (Å²) in [7, 11) is 0. The highest BCUT2D eigenvalue weighted by molar-refractivity contribution is 5.75. The molecule has 1 amide bonds. The summed E-state index contributed by atoms with van der Waals surface area (Å²) in [4.78, 5) is 19.3. The number of nitrogens with zero attached hydrogens (tertiary/aromatic N) is 3. The third kappa shape index (κ3) is 5.86. The fourth-order valence-electron chi connectivity index (χ4n) is 4.60. The SMILES string of the molecule is CC(C)(C)CC(Cn1cnc2ccccc21)OC(=O)NC(CO)CN1CCc2cc(F)ccc21. The molecule has 182 valence electrons. The van der Waals surface area contributed by atoms with Crippen LogP contribution in [0.15, 0.2) is 48.8 Å². The van der Waals surface area contributed by atoms with E-state index in [4.69, 9.17) is 4.74 Å². The fourth-order valence-corrected chi connectivity index (χ4v) is 4.60. The highest BCUT2D eigenvalue weighted by atomic mass is 19.1. The summed E-state index contributed by atoms with van der Waals surface area (Å²) in [5.41, 5.74) is 3.71. The third-order valence-corrected chi connectivity index (χ3v) is 6.06. The summed E-state index contributed by atoms with van der Waals surface area (Å²) in [6, 6.07) is 12.1. The first-order valence-corrected chi connectivity index (χ1v) is 11.7. The number of carbonyl (C=O) groups is 1. The van der Waals surface area contributed by atoms with Crippen LogP contribution in [0, 0.1) is 11.2 Å². The van der Waals surface area contributed by atoms with Crippen LogP contribution in [0.5, 0.6) is 0 Å². The van der Waals surface area contributed by atoms with Gasteiger partial charge in [0.1, 0.15) is 11.9 Å². The van der Waals surface area contributed by atoms with Gasteiger partial charge in [-0.3, -0.25) is 0 Å². The number of aliphatic hydroxyl groups is 1. The van der Waals surface area contributed by atoms with Crippen LogP contribution >= 0.6 is 0 Å². The van der Waals surface area contributed by atoms with Gasteiger partial charge in [-0.05, 0) is 54.2 Å².